The maximum absolute atomic E-state index is 12.3. The summed E-state index contributed by atoms with van der Waals surface area (Å²) in [5, 5.41) is 6.63. The maximum atomic E-state index is 12.3. The molecule has 0 aromatic heterocycles. The molecule has 144 valence electrons. The van der Waals surface area contributed by atoms with Gasteiger partial charge < -0.3 is 10.6 Å². The molecule has 8 heteroatoms. The van der Waals surface area contributed by atoms with Gasteiger partial charge in [-0.2, -0.15) is 0 Å². The Morgan fingerprint density at radius 2 is 1.41 bits per heavy atom. The van der Waals surface area contributed by atoms with E-state index >= 15 is 0 Å². The first kappa shape index (κ1) is 21.5. The van der Waals surface area contributed by atoms with Crippen LogP contribution < -0.4 is 10.6 Å². The Morgan fingerprint density at radius 3 is 1.93 bits per heavy atom. The number of amides is 2. The van der Waals surface area contributed by atoms with Crippen LogP contribution in [0.15, 0.2) is 30.3 Å². The fourth-order valence-electron chi connectivity index (χ4n) is 2.60. The second-order valence-corrected chi connectivity index (χ2v) is 7.53. The fraction of sp³-hybridized carbons (Fsp3) is 0.263. The third-order valence-electron chi connectivity index (χ3n) is 3.75. The van der Waals surface area contributed by atoms with Crippen molar-refractivity contribution in [2.24, 2.45) is 0 Å². The molecule has 5 nitrogen and oxygen atoms in total. The molecule has 0 fully saturated rings. The molecule has 0 saturated heterocycles. The quantitative estimate of drug-likeness (QED) is 0.696. The molecule has 2 amide bonds. The Kier molecular flexibility index (Phi) is 7.50. The van der Waals surface area contributed by atoms with Gasteiger partial charge in [-0.1, -0.05) is 46.9 Å². The molecule has 2 N–H and O–H groups in total. The van der Waals surface area contributed by atoms with Crippen molar-refractivity contribution >= 4 is 58.0 Å². The molecule has 2 aromatic rings. The second kappa shape index (κ2) is 9.42. The van der Waals surface area contributed by atoms with Crippen LogP contribution >= 0.6 is 34.8 Å². The van der Waals surface area contributed by atoms with Gasteiger partial charge in [0.15, 0.2) is 0 Å². The summed E-state index contributed by atoms with van der Waals surface area (Å²) >= 11 is 18.3. The van der Waals surface area contributed by atoms with E-state index in [0.29, 0.717) is 26.4 Å². The standard InChI is InChI=1S/C19H20Cl3N3O2/c1-11-7-12(2)18(15(22)8-11)23-16(26)9-25(3)10-17(27)24-19-13(20)5-4-6-14(19)21/h4-8H,9-10H2,1-3H3,(H,23,26)(H,24,27). The summed E-state index contributed by atoms with van der Waals surface area (Å²) in [4.78, 5) is 26.0. The van der Waals surface area contributed by atoms with Crippen LogP contribution in [0.5, 0.6) is 0 Å². The van der Waals surface area contributed by atoms with Crippen molar-refractivity contribution < 1.29 is 9.59 Å². The molecule has 0 bridgehead atoms. The lowest BCUT2D eigenvalue weighted by Crippen LogP contribution is -2.36. The Labute approximate surface area is 173 Å². The highest BCUT2D eigenvalue weighted by molar-refractivity contribution is 6.39. The van der Waals surface area contributed by atoms with E-state index in [2.05, 4.69) is 10.6 Å². The first-order valence-electron chi connectivity index (χ1n) is 8.16. The van der Waals surface area contributed by atoms with Crippen LogP contribution in [0, 0.1) is 13.8 Å². The number of nitrogens with one attached hydrogen (secondary N) is 2. The largest absolute Gasteiger partial charge is 0.323 e. The van der Waals surface area contributed by atoms with Gasteiger partial charge in [0.1, 0.15) is 0 Å². The predicted molar refractivity (Wildman–Crippen MR) is 112 cm³/mol. The second-order valence-electron chi connectivity index (χ2n) is 6.30. The van der Waals surface area contributed by atoms with E-state index in [1.54, 1.807) is 36.2 Å². The highest BCUT2D eigenvalue weighted by Crippen LogP contribution is 2.30. The summed E-state index contributed by atoms with van der Waals surface area (Å²) in [6.07, 6.45) is 0. The van der Waals surface area contributed by atoms with E-state index < -0.39 is 0 Å². The minimum Gasteiger partial charge on any atom is -0.323 e. The number of carbonyl (C=O) groups excluding carboxylic acids is 2. The van der Waals surface area contributed by atoms with Crippen molar-refractivity contribution in [2.45, 2.75) is 13.8 Å². The van der Waals surface area contributed by atoms with Crippen LogP contribution in [0.4, 0.5) is 11.4 Å². The molecule has 0 aliphatic rings. The number of hydrogen-bond donors (Lipinski definition) is 2. The predicted octanol–water partition coefficient (Wildman–Crippen LogP) is 4.77. The van der Waals surface area contributed by atoms with Gasteiger partial charge in [-0.3, -0.25) is 14.5 Å². The minimum absolute atomic E-state index is 0.00438. The molecule has 27 heavy (non-hydrogen) atoms. The number of likely N-dealkylation sites (N-methyl/N-ethyl adjacent to an activating group) is 1. The number of anilines is 2. The molecule has 0 heterocycles. The number of para-hydroxylation sites is 1. The SMILES string of the molecule is Cc1cc(C)c(NC(=O)CN(C)CC(=O)Nc2c(Cl)cccc2Cl)c(Cl)c1. The Balaban J connectivity index is 1.92. The highest BCUT2D eigenvalue weighted by Gasteiger charge is 2.15. The normalized spacial score (nSPS) is 10.8. The monoisotopic (exact) mass is 427 g/mol. The zero-order valence-corrected chi connectivity index (χ0v) is 17.5. The van der Waals surface area contributed by atoms with E-state index in [4.69, 9.17) is 34.8 Å². The topological polar surface area (TPSA) is 61.4 Å². The van der Waals surface area contributed by atoms with Crippen LogP contribution in [0.3, 0.4) is 0 Å². The van der Waals surface area contributed by atoms with Gasteiger partial charge in [-0.05, 0) is 50.2 Å². The summed E-state index contributed by atoms with van der Waals surface area (Å²) in [5.74, 6) is -0.597. The van der Waals surface area contributed by atoms with E-state index in [9.17, 15) is 9.59 Å². The fourth-order valence-corrected chi connectivity index (χ4v) is 3.46. The van der Waals surface area contributed by atoms with Crippen LogP contribution in [-0.4, -0.2) is 36.9 Å². The third-order valence-corrected chi connectivity index (χ3v) is 4.68. The average molecular weight is 429 g/mol. The van der Waals surface area contributed by atoms with Gasteiger partial charge >= 0.3 is 0 Å². The maximum Gasteiger partial charge on any atom is 0.238 e. The molecular weight excluding hydrogens is 409 g/mol. The third kappa shape index (κ3) is 6.11. The number of benzene rings is 2. The number of carbonyl (C=O) groups is 2. The van der Waals surface area contributed by atoms with E-state index in [0.717, 1.165) is 11.1 Å². The summed E-state index contributed by atoms with van der Waals surface area (Å²) in [6.45, 7) is 3.82. The molecule has 2 rings (SSSR count). The number of hydrogen-bond acceptors (Lipinski definition) is 3. The molecule has 0 atom stereocenters. The molecule has 0 aliphatic carbocycles. The Bertz CT molecular complexity index is 828. The van der Waals surface area contributed by atoms with Crippen LogP contribution in [0.1, 0.15) is 11.1 Å². The van der Waals surface area contributed by atoms with Crippen molar-refractivity contribution in [3.05, 3.63) is 56.5 Å². The van der Waals surface area contributed by atoms with E-state index in [1.165, 1.54) is 0 Å². The lowest BCUT2D eigenvalue weighted by Gasteiger charge is -2.18. The van der Waals surface area contributed by atoms with E-state index in [1.807, 2.05) is 19.9 Å². The molecule has 0 aliphatic heterocycles. The van der Waals surface area contributed by atoms with Gasteiger partial charge in [0.2, 0.25) is 11.8 Å². The van der Waals surface area contributed by atoms with Crippen molar-refractivity contribution in [1.29, 1.82) is 0 Å². The first-order chi connectivity index (χ1) is 12.7. The van der Waals surface area contributed by atoms with Gasteiger partial charge in [0, 0.05) is 0 Å². The summed E-state index contributed by atoms with van der Waals surface area (Å²) < 4.78 is 0. The zero-order valence-electron chi connectivity index (χ0n) is 15.2. The summed E-state index contributed by atoms with van der Waals surface area (Å²) in [5.41, 5.74) is 2.82. The van der Waals surface area contributed by atoms with Gasteiger partial charge in [-0.15, -0.1) is 0 Å². The van der Waals surface area contributed by atoms with Crippen molar-refractivity contribution in [2.75, 3.05) is 30.8 Å². The Morgan fingerprint density at radius 1 is 0.889 bits per heavy atom. The summed E-state index contributed by atoms with van der Waals surface area (Å²) in [7, 11) is 1.66. The molecular formula is C19H20Cl3N3O2. The zero-order chi connectivity index (χ0) is 20.1. The smallest absolute Gasteiger partial charge is 0.238 e. The average Bonchev–Trinajstić information content (AvgIpc) is 2.54. The number of aryl methyl sites for hydroxylation is 2. The molecule has 2 aromatic carbocycles. The van der Waals surface area contributed by atoms with Crippen LogP contribution in [-0.2, 0) is 9.59 Å². The van der Waals surface area contributed by atoms with Gasteiger partial charge in [0.05, 0.1) is 39.5 Å². The Hall–Kier alpha value is -1.79. The van der Waals surface area contributed by atoms with Crippen molar-refractivity contribution in [3.8, 4) is 0 Å². The number of halogens is 3. The van der Waals surface area contributed by atoms with Crippen molar-refractivity contribution in [3.63, 3.8) is 0 Å². The number of rotatable bonds is 6. The van der Waals surface area contributed by atoms with Crippen LogP contribution in [0.2, 0.25) is 15.1 Å². The van der Waals surface area contributed by atoms with Gasteiger partial charge in [0.25, 0.3) is 0 Å². The van der Waals surface area contributed by atoms with E-state index in [-0.39, 0.29) is 24.9 Å². The van der Waals surface area contributed by atoms with Crippen LogP contribution in [0.25, 0.3) is 0 Å². The molecule has 0 spiro atoms. The summed E-state index contributed by atoms with van der Waals surface area (Å²) in [6, 6.07) is 8.68. The first-order valence-corrected chi connectivity index (χ1v) is 9.29. The lowest BCUT2D eigenvalue weighted by atomic mass is 10.1. The minimum atomic E-state index is -0.329. The molecule has 0 radical (unpaired) electrons. The molecule has 0 saturated carbocycles. The van der Waals surface area contributed by atoms with Gasteiger partial charge in [-0.25, -0.2) is 0 Å². The number of nitrogens with zero attached hydrogens (tertiary/aromatic N) is 1. The van der Waals surface area contributed by atoms with Crippen molar-refractivity contribution in [1.82, 2.24) is 4.90 Å². The molecule has 0 unspecified atom stereocenters. The highest BCUT2D eigenvalue weighted by atomic mass is 35.5. The lowest BCUT2D eigenvalue weighted by molar-refractivity contribution is -0.119.